The first-order valence-electron chi connectivity index (χ1n) is 3.12. The fourth-order valence-electron chi connectivity index (χ4n) is 0.871. The van der Waals surface area contributed by atoms with Crippen LogP contribution in [0.15, 0.2) is 23.9 Å². The number of allylic oxidation sites excluding steroid dienone is 3. The number of nitrogens with two attached hydrogens (primary N) is 1. The van der Waals surface area contributed by atoms with E-state index in [0.717, 1.165) is 5.70 Å². The van der Waals surface area contributed by atoms with Crippen molar-refractivity contribution in [3.05, 3.63) is 23.9 Å². The first kappa shape index (κ1) is 6.86. The van der Waals surface area contributed by atoms with Crippen molar-refractivity contribution < 1.29 is 4.79 Å². The normalized spacial score (nSPS) is 16.9. The van der Waals surface area contributed by atoms with Crippen molar-refractivity contribution in [1.82, 2.24) is 4.90 Å². The smallest absolute Gasteiger partial charge is 0.319 e. The summed E-state index contributed by atoms with van der Waals surface area (Å²) in [5.41, 5.74) is 5.97. The molecule has 0 aromatic heterocycles. The Balaban J connectivity index is 2.73. The highest BCUT2D eigenvalue weighted by Crippen LogP contribution is 2.07. The van der Waals surface area contributed by atoms with Gasteiger partial charge in [0.05, 0.1) is 0 Å². The molecular weight excluding hydrogens is 128 g/mol. The topological polar surface area (TPSA) is 46.3 Å². The molecule has 0 atom stereocenters. The molecule has 2 N–H and O–H groups in total. The predicted molar refractivity (Wildman–Crippen MR) is 39.2 cm³/mol. The Morgan fingerprint density at radius 1 is 1.80 bits per heavy atom. The minimum atomic E-state index is -0.391. The molecule has 2 amide bonds. The third-order valence-corrected chi connectivity index (χ3v) is 1.45. The van der Waals surface area contributed by atoms with Crippen LogP contribution >= 0.6 is 0 Å². The molecular formula is C7H10N2O. The van der Waals surface area contributed by atoms with Crippen LogP contribution in [-0.4, -0.2) is 17.5 Å². The SMILES string of the molecule is CC1=CC=CCN1C(N)=O. The Kier molecular flexibility index (Phi) is 1.76. The Bertz CT molecular complexity index is 206. The number of hydrogen-bond donors (Lipinski definition) is 1. The summed E-state index contributed by atoms with van der Waals surface area (Å²) in [6.45, 7) is 2.45. The fourth-order valence-corrected chi connectivity index (χ4v) is 0.871. The number of primary amides is 1. The van der Waals surface area contributed by atoms with Crippen molar-refractivity contribution in [2.45, 2.75) is 6.92 Å². The van der Waals surface area contributed by atoms with Gasteiger partial charge in [0, 0.05) is 12.2 Å². The molecule has 0 aromatic rings. The molecule has 0 saturated carbocycles. The third kappa shape index (κ3) is 1.18. The molecule has 0 aromatic carbocycles. The molecule has 1 rings (SSSR count). The average Bonchev–Trinajstić information content (AvgIpc) is 1.88. The molecule has 1 aliphatic heterocycles. The minimum Gasteiger partial charge on any atom is -0.351 e. The second-order valence-electron chi connectivity index (χ2n) is 2.19. The standard InChI is InChI=1S/C7H10N2O/c1-6-4-2-3-5-9(6)7(8)10/h2-4H,5H2,1H3,(H2,8,10). The maximum Gasteiger partial charge on any atom is 0.319 e. The summed E-state index contributed by atoms with van der Waals surface area (Å²) in [6.07, 6.45) is 5.65. The van der Waals surface area contributed by atoms with Gasteiger partial charge in [-0.25, -0.2) is 4.79 Å². The Hall–Kier alpha value is -1.25. The summed E-state index contributed by atoms with van der Waals surface area (Å²) >= 11 is 0. The van der Waals surface area contributed by atoms with Crippen molar-refractivity contribution in [3.8, 4) is 0 Å². The zero-order valence-electron chi connectivity index (χ0n) is 5.87. The van der Waals surface area contributed by atoms with Gasteiger partial charge in [-0.3, -0.25) is 4.90 Å². The van der Waals surface area contributed by atoms with Crippen LogP contribution in [0.2, 0.25) is 0 Å². The van der Waals surface area contributed by atoms with Gasteiger partial charge in [-0.1, -0.05) is 12.2 Å². The minimum absolute atomic E-state index is 0.391. The largest absolute Gasteiger partial charge is 0.351 e. The maximum atomic E-state index is 10.6. The van der Waals surface area contributed by atoms with Gasteiger partial charge in [0.2, 0.25) is 0 Å². The first-order valence-corrected chi connectivity index (χ1v) is 3.12. The van der Waals surface area contributed by atoms with Crippen LogP contribution in [0.3, 0.4) is 0 Å². The predicted octanol–water partition coefficient (Wildman–Crippen LogP) is 0.841. The van der Waals surface area contributed by atoms with Crippen molar-refractivity contribution in [1.29, 1.82) is 0 Å². The van der Waals surface area contributed by atoms with Crippen LogP contribution in [0.1, 0.15) is 6.92 Å². The van der Waals surface area contributed by atoms with Gasteiger partial charge in [-0.15, -0.1) is 0 Å². The first-order chi connectivity index (χ1) is 4.72. The Morgan fingerprint density at radius 2 is 2.50 bits per heavy atom. The maximum absolute atomic E-state index is 10.6. The number of urea groups is 1. The highest BCUT2D eigenvalue weighted by molar-refractivity contribution is 5.74. The molecule has 0 unspecified atom stereocenters. The molecule has 0 radical (unpaired) electrons. The zero-order chi connectivity index (χ0) is 7.56. The van der Waals surface area contributed by atoms with Gasteiger partial charge in [0.1, 0.15) is 0 Å². The number of hydrogen-bond acceptors (Lipinski definition) is 1. The van der Waals surface area contributed by atoms with E-state index in [4.69, 9.17) is 5.73 Å². The molecule has 0 aliphatic carbocycles. The van der Waals surface area contributed by atoms with E-state index in [1.807, 2.05) is 25.2 Å². The van der Waals surface area contributed by atoms with Crippen LogP contribution in [0.4, 0.5) is 4.79 Å². The summed E-state index contributed by atoms with van der Waals surface area (Å²) in [7, 11) is 0. The average molecular weight is 138 g/mol. The van der Waals surface area contributed by atoms with E-state index in [9.17, 15) is 4.79 Å². The van der Waals surface area contributed by atoms with Gasteiger partial charge in [-0.05, 0) is 13.0 Å². The lowest BCUT2D eigenvalue weighted by molar-refractivity contribution is 0.224. The van der Waals surface area contributed by atoms with E-state index in [0.29, 0.717) is 6.54 Å². The van der Waals surface area contributed by atoms with Gasteiger partial charge in [0.15, 0.2) is 0 Å². The van der Waals surface area contributed by atoms with Gasteiger partial charge >= 0.3 is 6.03 Å². The van der Waals surface area contributed by atoms with Gasteiger partial charge in [0.25, 0.3) is 0 Å². The highest BCUT2D eigenvalue weighted by atomic mass is 16.2. The van der Waals surface area contributed by atoms with Crippen molar-refractivity contribution >= 4 is 6.03 Å². The van der Waals surface area contributed by atoms with Crippen LogP contribution in [0, 0.1) is 0 Å². The number of carbonyl (C=O) groups is 1. The van der Waals surface area contributed by atoms with Crippen LogP contribution in [0.25, 0.3) is 0 Å². The lowest BCUT2D eigenvalue weighted by Gasteiger charge is -2.20. The molecule has 1 heterocycles. The lowest BCUT2D eigenvalue weighted by Crippen LogP contribution is -2.35. The molecule has 1 aliphatic rings. The highest BCUT2D eigenvalue weighted by Gasteiger charge is 2.10. The summed E-state index contributed by atoms with van der Waals surface area (Å²) in [5.74, 6) is 0. The summed E-state index contributed by atoms with van der Waals surface area (Å²) in [5, 5.41) is 0. The summed E-state index contributed by atoms with van der Waals surface area (Å²) in [4.78, 5) is 12.2. The molecule has 3 heteroatoms. The molecule has 0 saturated heterocycles. The van der Waals surface area contributed by atoms with Crippen molar-refractivity contribution in [3.63, 3.8) is 0 Å². The lowest BCUT2D eigenvalue weighted by atomic mass is 10.3. The summed E-state index contributed by atoms with van der Waals surface area (Å²) in [6, 6.07) is -0.391. The van der Waals surface area contributed by atoms with E-state index in [1.165, 1.54) is 4.90 Å². The Morgan fingerprint density at radius 3 is 2.90 bits per heavy atom. The van der Waals surface area contributed by atoms with E-state index < -0.39 is 6.03 Å². The van der Waals surface area contributed by atoms with E-state index in [1.54, 1.807) is 0 Å². The van der Waals surface area contributed by atoms with Gasteiger partial charge < -0.3 is 5.73 Å². The third-order valence-electron chi connectivity index (χ3n) is 1.45. The Labute approximate surface area is 59.8 Å². The number of rotatable bonds is 0. The van der Waals surface area contributed by atoms with Crippen LogP contribution in [0.5, 0.6) is 0 Å². The monoisotopic (exact) mass is 138 g/mol. The second kappa shape index (κ2) is 2.56. The van der Waals surface area contributed by atoms with E-state index in [-0.39, 0.29) is 0 Å². The number of nitrogens with zero attached hydrogens (tertiary/aromatic N) is 1. The zero-order valence-corrected chi connectivity index (χ0v) is 5.87. The van der Waals surface area contributed by atoms with Crippen molar-refractivity contribution in [2.75, 3.05) is 6.54 Å². The molecule has 54 valence electrons. The quantitative estimate of drug-likeness (QED) is 0.529. The molecule has 0 fully saturated rings. The van der Waals surface area contributed by atoms with Crippen LogP contribution in [-0.2, 0) is 0 Å². The molecule has 3 nitrogen and oxygen atoms in total. The second-order valence-corrected chi connectivity index (χ2v) is 2.19. The molecule has 10 heavy (non-hydrogen) atoms. The number of carbonyl (C=O) groups excluding carboxylic acids is 1. The number of amides is 2. The molecule has 0 bridgehead atoms. The van der Waals surface area contributed by atoms with Gasteiger partial charge in [-0.2, -0.15) is 0 Å². The summed E-state index contributed by atoms with van der Waals surface area (Å²) < 4.78 is 0. The van der Waals surface area contributed by atoms with Crippen molar-refractivity contribution in [2.24, 2.45) is 5.73 Å². The molecule has 0 spiro atoms. The fraction of sp³-hybridized carbons (Fsp3) is 0.286. The van der Waals surface area contributed by atoms with Crippen LogP contribution < -0.4 is 5.73 Å². The van der Waals surface area contributed by atoms with E-state index in [2.05, 4.69) is 0 Å². The van der Waals surface area contributed by atoms with E-state index >= 15 is 0 Å².